The smallest absolute Gasteiger partial charge is 0.193 e. The molecule has 1 aromatic heterocycles. The SMILES string of the molecule is NCC[C@@H](N)c1ccc(Cl)o1. The quantitative estimate of drug-likeness (QED) is 0.726. The number of nitrogens with two attached hydrogens (primary N) is 2. The van der Waals surface area contributed by atoms with Gasteiger partial charge < -0.3 is 15.9 Å². The maximum absolute atomic E-state index is 5.69. The molecule has 0 unspecified atom stereocenters. The lowest BCUT2D eigenvalue weighted by Crippen LogP contribution is -2.14. The lowest BCUT2D eigenvalue weighted by atomic mass is 10.2. The maximum atomic E-state index is 5.69. The number of furan rings is 1. The second kappa shape index (κ2) is 3.76. The fourth-order valence-corrected chi connectivity index (χ4v) is 1.00. The summed E-state index contributed by atoms with van der Waals surface area (Å²) in [6, 6.07) is 3.31. The van der Waals surface area contributed by atoms with Gasteiger partial charge in [0.1, 0.15) is 5.76 Å². The van der Waals surface area contributed by atoms with Crippen LogP contribution in [0.15, 0.2) is 16.5 Å². The van der Waals surface area contributed by atoms with Crippen molar-refractivity contribution in [3.05, 3.63) is 23.1 Å². The van der Waals surface area contributed by atoms with Gasteiger partial charge in [-0.05, 0) is 36.7 Å². The minimum absolute atomic E-state index is 0.132. The van der Waals surface area contributed by atoms with E-state index in [0.717, 1.165) is 0 Å². The number of rotatable bonds is 3. The molecule has 0 aliphatic carbocycles. The summed E-state index contributed by atoms with van der Waals surface area (Å²) in [7, 11) is 0. The van der Waals surface area contributed by atoms with E-state index >= 15 is 0 Å². The van der Waals surface area contributed by atoms with Crippen molar-refractivity contribution in [1.29, 1.82) is 0 Å². The summed E-state index contributed by atoms with van der Waals surface area (Å²) < 4.78 is 5.08. The van der Waals surface area contributed by atoms with Gasteiger partial charge in [-0.2, -0.15) is 0 Å². The third kappa shape index (κ3) is 2.22. The van der Waals surface area contributed by atoms with E-state index in [1.165, 1.54) is 0 Å². The van der Waals surface area contributed by atoms with Gasteiger partial charge in [0.25, 0.3) is 0 Å². The molecule has 0 aliphatic heterocycles. The van der Waals surface area contributed by atoms with E-state index in [1.54, 1.807) is 12.1 Å². The Morgan fingerprint density at radius 3 is 2.73 bits per heavy atom. The highest BCUT2D eigenvalue weighted by Gasteiger charge is 2.08. The van der Waals surface area contributed by atoms with Gasteiger partial charge in [0.2, 0.25) is 0 Å². The average molecular weight is 175 g/mol. The van der Waals surface area contributed by atoms with Gasteiger partial charge >= 0.3 is 0 Å². The fourth-order valence-electron chi connectivity index (χ4n) is 0.849. The first-order valence-electron chi connectivity index (χ1n) is 3.45. The summed E-state index contributed by atoms with van der Waals surface area (Å²) in [6.07, 6.45) is 0.712. The minimum atomic E-state index is -0.132. The number of hydrogen-bond donors (Lipinski definition) is 2. The average Bonchev–Trinajstić information content (AvgIpc) is 2.36. The molecule has 4 N–H and O–H groups in total. The zero-order chi connectivity index (χ0) is 8.27. The Bertz CT molecular complexity index is 224. The van der Waals surface area contributed by atoms with Crippen molar-refractivity contribution in [3.8, 4) is 0 Å². The minimum Gasteiger partial charge on any atom is -0.448 e. The third-order valence-corrected chi connectivity index (χ3v) is 1.64. The molecule has 0 aliphatic rings. The monoisotopic (exact) mass is 174 g/mol. The van der Waals surface area contributed by atoms with E-state index in [4.69, 9.17) is 27.5 Å². The molecule has 0 fully saturated rings. The van der Waals surface area contributed by atoms with Crippen LogP contribution in [0.5, 0.6) is 0 Å². The van der Waals surface area contributed by atoms with Crippen molar-refractivity contribution < 1.29 is 4.42 Å². The first kappa shape index (κ1) is 8.59. The van der Waals surface area contributed by atoms with Crippen LogP contribution < -0.4 is 11.5 Å². The molecular weight excluding hydrogens is 164 g/mol. The summed E-state index contributed by atoms with van der Waals surface area (Å²) in [6.45, 7) is 0.555. The van der Waals surface area contributed by atoms with E-state index in [9.17, 15) is 0 Å². The van der Waals surface area contributed by atoms with Gasteiger partial charge in [-0.15, -0.1) is 0 Å². The Hall–Kier alpha value is -0.510. The molecular formula is C7H11ClN2O. The van der Waals surface area contributed by atoms with Crippen LogP contribution >= 0.6 is 11.6 Å². The normalized spacial score (nSPS) is 13.4. The molecule has 0 saturated heterocycles. The lowest BCUT2D eigenvalue weighted by molar-refractivity contribution is 0.456. The molecule has 0 radical (unpaired) electrons. The Morgan fingerprint density at radius 2 is 2.27 bits per heavy atom. The van der Waals surface area contributed by atoms with Crippen LogP contribution in [-0.4, -0.2) is 6.54 Å². The van der Waals surface area contributed by atoms with Crippen LogP contribution in [0, 0.1) is 0 Å². The second-order valence-electron chi connectivity index (χ2n) is 2.33. The summed E-state index contributed by atoms with van der Waals surface area (Å²) >= 11 is 5.55. The summed E-state index contributed by atoms with van der Waals surface area (Å²) in [5.41, 5.74) is 11.0. The van der Waals surface area contributed by atoms with Crippen LogP contribution in [-0.2, 0) is 0 Å². The van der Waals surface area contributed by atoms with Crippen molar-refractivity contribution in [2.24, 2.45) is 11.5 Å². The predicted molar refractivity (Wildman–Crippen MR) is 44.3 cm³/mol. The Labute approximate surface area is 70.3 Å². The molecule has 1 aromatic rings. The molecule has 0 aromatic carbocycles. The zero-order valence-electron chi connectivity index (χ0n) is 6.09. The first-order chi connectivity index (χ1) is 5.24. The fraction of sp³-hybridized carbons (Fsp3) is 0.429. The van der Waals surface area contributed by atoms with Crippen LogP contribution in [0.2, 0.25) is 5.22 Å². The molecule has 62 valence electrons. The lowest BCUT2D eigenvalue weighted by Gasteiger charge is -2.04. The highest BCUT2D eigenvalue weighted by atomic mass is 35.5. The molecule has 1 rings (SSSR count). The standard InChI is InChI=1S/C7H11ClN2O/c8-7-2-1-6(11-7)5(10)3-4-9/h1-2,5H,3-4,9-10H2/t5-/m1/s1. The van der Waals surface area contributed by atoms with Crippen molar-refractivity contribution in [2.45, 2.75) is 12.5 Å². The van der Waals surface area contributed by atoms with E-state index in [1.807, 2.05) is 0 Å². The van der Waals surface area contributed by atoms with Gasteiger partial charge in [-0.1, -0.05) is 0 Å². The summed E-state index contributed by atoms with van der Waals surface area (Å²) in [5.74, 6) is 0.695. The van der Waals surface area contributed by atoms with E-state index < -0.39 is 0 Å². The van der Waals surface area contributed by atoms with Crippen molar-refractivity contribution in [3.63, 3.8) is 0 Å². The van der Waals surface area contributed by atoms with Crippen LogP contribution in [0.4, 0.5) is 0 Å². The van der Waals surface area contributed by atoms with E-state index in [0.29, 0.717) is 23.9 Å². The Balaban J connectivity index is 2.60. The molecule has 11 heavy (non-hydrogen) atoms. The highest BCUT2D eigenvalue weighted by Crippen LogP contribution is 2.19. The van der Waals surface area contributed by atoms with Gasteiger partial charge in [0.05, 0.1) is 6.04 Å². The van der Waals surface area contributed by atoms with Crippen LogP contribution in [0.3, 0.4) is 0 Å². The molecule has 1 atom stereocenters. The summed E-state index contributed by atoms with van der Waals surface area (Å²) in [4.78, 5) is 0. The van der Waals surface area contributed by atoms with E-state index in [2.05, 4.69) is 0 Å². The van der Waals surface area contributed by atoms with Gasteiger partial charge in [-0.3, -0.25) is 0 Å². The Morgan fingerprint density at radius 1 is 1.55 bits per heavy atom. The van der Waals surface area contributed by atoms with E-state index in [-0.39, 0.29) is 6.04 Å². The largest absolute Gasteiger partial charge is 0.448 e. The molecule has 3 nitrogen and oxygen atoms in total. The number of hydrogen-bond acceptors (Lipinski definition) is 3. The van der Waals surface area contributed by atoms with Gasteiger partial charge in [-0.25, -0.2) is 0 Å². The second-order valence-corrected chi connectivity index (χ2v) is 2.70. The maximum Gasteiger partial charge on any atom is 0.193 e. The topological polar surface area (TPSA) is 65.2 Å². The first-order valence-corrected chi connectivity index (χ1v) is 3.82. The van der Waals surface area contributed by atoms with Crippen molar-refractivity contribution in [2.75, 3.05) is 6.54 Å². The van der Waals surface area contributed by atoms with Gasteiger partial charge in [0, 0.05) is 0 Å². The highest BCUT2D eigenvalue weighted by molar-refractivity contribution is 6.28. The Kier molecular flexibility index (Phi) is 2.93. The zero-order valence-corrected chi connectivity index (χ0v) is 6.84. The molecule has 0 amide bonds. The van der Waals surface area contributed by atoms with Crippen LogP contribution in [0.1, 0.15) is 18.2 Å². The number of halogens is 1. The predicted octanol–water partition coefficient (Wildman–Crippen LogP) is 1.28. The molecule has 1 heterocycles. The summed E-state index contributed by atoms with van der Waals surface area (Å²) in [5, 5.41) is 0.368. The third-order valence-electron chi connectivity index (χ3n) is 1.44. The molecule has 0 saturated carbocycles. The van der Waals surface area contributed by atoms with Gasteiger partial charge in [0.15, 0.2) is 5.22 Å². The molecule has 0 spiro atoms. The van der Waals surface area contributed by atoms with Crippen molar-refractivity contribution in [1.82, 2.24) is 0 Å². The molecule has 4 heteroatoms. The van der Waals surface area contributed by atoms with Crippen molar-refractivity contribution >= 4 is 11.6 Å². The van der Waals surface area contributed by atoms with Crippen LogP contribution in [0.25, 0.3) is 0 Å². The molecule has 0 bridgehead atoms.